The molecule has 3 rings (SSSR count). The molecule has 10 heteroatoms. The zero-order chi connectivity index (χ0) is 33.9. The number of aliphatic hydroxyl groups is 3. The molecule has 0 bridgehead atoms. The lowest BCUT2D eigenvalue weighted by Gasteiger charge is -2.32. The number of pyridine rings is 1. The number of hydrogen-bond donors (Lipinski definition) is 4. The Hall–Kier alpha value is -3.05. The molecule has 0 saturated carbocycles. The molecule has 0 spiro atoms. The summed E-state index contributed by atoms with van der Waals surface area (Å²) in [5, 5.41) is 34.7. The number of allylic oxidation sites excluding steroid dienone is 3. The van der Waals surface area contributed by atoms with Crippen LogP contribution in [0.2, 0.25) is 0 Å². The Labute approximate surface area is 273 Å². The van der Waals surface area contributed by atoms with Gasteiger partial charge < -0.3 is 34.8 Å². The quantitative estimate of drug-likeness (QED) is 0.109. The molecule has 0 aromatic carbocycles. The highest BCUT2D eigenvalue weighted by molar-refractivity contribution is 5.70. The van der Waals surface area contributed by atoms with Crippen molar-refractivity contribution in [1.82, 2.24) is 10.3 Å². The van der Waals surface area contributed by atoms with Gasteiger partial charge in [0.05, 0.1) is 30.8 Å². The molecule has 10 nitrogen and oxygen atoms in total. The summed E-state index contributed by atoms with van der Waals surface area (Å²) in [7, 11) is 0. The number of amides is 1. The lowest BCUT2D eigenvalue weighted by Crippen LogP contribution is -2.44. The maximum Gasteiger partial charge on any atom is 0.407 e. The number of esters is 1. The summed E-state index contributed by atoms with van der Waals surface area (Å²) in [4.78, 5) is 29.7. The lowest BCUT2D eigenvalue weighted by atomic mass is 9.88. The number of cyclic esters (lactones) is 1. The lowest BCUT2D eigenvalue weighted by molar-refractivity contribution is -0.151. The first-order valence-electron chi connectivity index (χ1n) is 16.6. The predicted octanol–water partition coefficient (Wildman–Crippen LogP) is 4.82. The highest BCUT2D eigenvalue weighted by atomic mass is 16.6. The van der Waals surface area contributed by atoms with E-state index in [0.717, 1.165) is 17.7 Å². The number of alkyl carbamates (subject to hydrolysis) is 1. The minimum atomic E-state index is -1.49. The van der Waals surface area contributed by atoms with Gasteiger partial charge in [0.1, 0.15) is 11.7 Å². The molecular weight excluding hydrogens is 588 g/mol. The van der Waals surface area contributed by atoms with Gasteiger partial charge >= 0.3 is 12.1 Å². The Bertz CT molecular complexity index is 1200. The Morgan fingerprint density at radius 3 is 2.74 bits per heavy atom. The highest BCUT2D eigenvalue weighted by Gasteiger charge is 2.45. The molecule has 4 N–H and O–H groups in total. The van der Waals surface area contributed by atoms with E-state index < -0.39 is 36.0 Å². The van der Waals surface area contributed by atoms with Gasteiger partial charge in [-0.25, -0.2) is 4.79 Å². The number of nitrogens with zero attached hydrogens (tertiary/aromatic N) is 1. The second-order valence-electron chi connectivity index (χ2n) is 13.2. The summed E-state index contributed by atoms with van der Waals surface area (Å²) < 4.78 is 17.4. The molecule has 0 aliphatic carbocycles. The van der Waals surface area contributed by atoms with Crippen LogP contribution in [0.3, 0.4) is 0 Å². The van der Waals surface area contributed by atoms with Crippen molar-refractivity contribution in [3.8, 4) is 0 Å². The van der Waals surface area contributed by atoms with Crippen LogP contribution in [0.4, 0.5) is 4.79 Å². The van der Waals surface area contributed by atoms with Gasteiger partial charge in [0.15, 0.2) is 6.10 Å². The third-order valence-corrected chi connectivity index (χ3v) is 8.95. The number of carbonyl (C=O) groups excluding carboxylic acids is 2. The number of aromatic nitrogens is 1. The molecule has 0 radical (unpaired) electrons. The van der Waals surface area contributed by atoms with Gasteiger partial charge in [0.25, 0.3) is 0 Å². The van der Waals surface area contributed by atoms with Crippen LogP contribution in [0.15, 0.2) is 60.3 Å². The molecule has 3 heterocycles. The van der Waals surface area contributed by atoms with Crippen molar-refractivity contribution in [3.63, 3.8) is 0 Å². The third kappa shape index (κ3) is 12.0. The van der Waals surface area contributed by atoms with Crippen molar-refractivity contribution < 1.29 is 39.1 Å². The highest BCUT2D eigenvalue weighted by Crippen LogP contribution is 2.36. The molecule has 1 aromatic rings. The summed E-state index contributed by atoms with van der Waals surface area (Å²) in [6.07, 6.45) is 9.67. The van der Waals surface area contributed by atoms with E-state index in [4.69, 9.17) is 14.2 Å². The fraction of sp³-hybridized carbons (Fsp3) is 0.639. The van der Waals surface area contributed by atoms with Gasteiger partial charge in [0.2, 0.25) is 0 Å². The van der Waals surface area contributed by atoms with Crippen LogP contribution in [-0.2, 0) is 25.4 Å². The van der Waals surface area contributed by atoms with Crippen molar-refractivity contribution in [3.05, 3.63) is 66.0 Å². The van der Waals surface area contributed by atoms with Gasteiger partial charge in [0, 0.05) is 36.7 Å². The van der Waals surface area contributed by atoms with Crippen LogP contribution in [0, 0.1) is 17.8 Å². The van der Waals surface area contributed by atoms with E-state index in [0.29, 0.717) is 19.4 Å². The van der Waals surface area contributed by atoms with E-state index in [1.165, 1.54) is 0 Å². The van der Waals surface area contributed by atoms with E-state index in [9.17, 15) is 24.9 Å². The Balaban J connectivity index is 1.67. The molecule has 10 atom stereocenters. The summed E-state index contributed by atoms with van der Waals surface area (Å²) in [5.41, 5.74) is 0.145. The van der Waals surface area contributed by atoms with Gasteiger partial charge in [-0.2, -0.15) is 0 Å². The molecule has 1 amide bonds. The van der Waals surface area contributed by atoms with Crippen molar-refractivity contribution in [1.29, 1.82) is 0 Å². The number of rotatable bonds is 12. The monoisotopic (exact) mass is 642 g/mol. The summed E-state index contributed by atoms with van der Waals surface area (Å²) in [6, 6.07) is 5.57. The van der Waals surface area contributed by atoms with Crippen molar-refractivity contribution in [2.75, 3.05) is 6.54 Å². The van der Waals surface area contributed by atoms with Crippen molar-refractivity contribution in [2.45, 2.75) is 122 Å². The largest absolute Gasteiger partial charge is 0.457 e. The third-order valence-electron chi connectivity index (χ3n) is 8.95. The maximum atomic E-state index is 12.8. The number of aliphatic hydroxyl groups excluding tert-OH is 2. The molecule has 10 unspecified atom stereocenters. The number of ether oxygens (including phenoxy) is 3. The van der Waals surface area contributed by atoms with Crippen LogP contribution in [0.25, 0.3) is 0 Å². The second-order valence-corrected chi connectivity index (χ2v) is 13.2. The molecule has 46 heavy (non-hydrogen) atoms. The van der Waals surface area contributed by atoms with Crippen molar-refractivity contribution in [2.24, 2.45) is 17.8 Å². The van der Waals surface area contributed by atoms with Gasteiger partial charge in [-0.15, -0.1) is 0 Å². The van der Waals surface area contributed by atoms with E-state index in [-0.39, 0.29) is 55.3 Å². The minimum absolute atomic E-state index is 0.0907. The number of nitrogens with one attached hydrogen (secondary N) is 1. The van der Waals surface area contributed by atoms with Crippen molar-refractivity contribution >= 4 is 12.1 Å². The van der Waals surface area contributed by atoms with E-state index in [1.54, 1.807) is 25.3 Å². The standard InChI is InChI=1S/C36H54N2O8/c1-7-29(40)26(5)34-30(44-34)21-23(2)11-10-12-24(3)33-25(4)14-15-31(36(6,43)18-16-28(39)22-32(41)46-33)45-35(42)38-20-17-27-13-8-9-19-37-27/h8-15,19,23,25-26,28-31,33-34,39-40,43H,7,16-18,20-22H2,1-6H3,(H,38,42). The zero-order valence-corrected chi connectivity index (χ0v) is 28.2. The second kappa shape index (κ2) is 17.8. The maximum absolute atomic E-state index is 12.8. The number of epoxide rings is 1. The first-order valence-corrected chi connectivity index (χ1v) is 16.6. The fourth-order valence-electron chi connectivity index (χ4n) is 5.78. The van der Waals surface area contributed by atoms with Crippen LogP contribution in [0.1, 0.15) is 79.3 Å². The molecule has 1 fully saturated rings. The number of carbonyl (C=O) groups is 2. The van der Waals surface area contributed by atoms with Gasteiger partial charge in [-0.3, -0.25) is 9.78 Å². The molecule has 256 valence electrons. The average Bonchev–Trinajstić information content (AvgIpc) is 3.78. The number of hydrogen-bond acceptors (Lipinski definition) is 9. The van der Waals surface area contributed by atoms with Crippen LogP contribution in [-0.4, -0.2) is 81.1 Å². The minimum Gasteiger partial charge on any atom is -0.457 e. The normalized spacial score (nSPS) is 31.2. The van der Waals surface area contributed by atoms with Crippen LogP contribution < -0.4 is 5.32 Å². The molecule has 2 aliphatic heterocycles. The van der Waals surface area contributed by atoms with Crippen LogP contribution >= 0.6 is 0 Å². The molecule has 2 aliphatic rings. The first-order chi connectivity index (χ1) is 21.8. The molecular formula is C36H54N2O8. The predicted molar refractivity (Wildman–Crippen MR) is 176 cm³/mol. The summed E-state index contributed by atoms with van der Waals surface area (Å²) in [5.74, 6) is -0.503. The van der Waals surface area contributed by atoms with Gasteiger partial charge in [-0.05, 0) is 69.2 Å². The average molecular weight is 643 g/mol. The summed E-state index contributed by atoms with van der Waals surface area (Å²) >= 11 is 0. The fourth-order valence-corrected chi connectivity index (χ4v) is 5.78. The Morgan fingerprint density at radius 2 is 2.04 bits per heavy atom. The van der Waals surface area contributed by atoms with E-state index in [2.05, 4.69) is 23.3 Å². The molecule has 1 saturated heterocycles. The first kappa shape index (κ1) is 37.4. The SMILES string of the molecule is CCC(O)C(C)C1OC1CC(C)C=CC=C(C)C1OC(=O)CC(O)CCC(C)(O)C(OC(=O)NCCc2ccccn2)C=CC1C. The topological polar surface area (TPSA) is 151 Å². The zero-order valence-electron chi connectivity index (χ0n) is 28.2. The Kier molecular flexibility index (Phi) is 14.4. The smallest absolute Gasteiger partial charge is 0.407 e. The van der Waals surface area contributed by atoms with E-state index >= 15 is 0 Å². The van der Waals surface area contributed by atoms with Crippen LogP contribution in [0.5, 0.6) is 0 Å². The van der Waals surface area contributed by atoms with Gasteiger partial charge in [-0.1, -0.05) is 58.1 Å². The van der Waals surface area contributed by atoms with E-state index in [1.807, 2.05) is 58.0 Å². The Morgan fingerprint density at radius 1 is 1.28 bits per heavy atom. The molecule has 1 aromatic heterocycles. The summed E-state index contributed by atoms with van der Waals surface area (Å²) in [6.45, 7) is 11.7.